The van der Waals surface area contributed by atoms with E-state index in [0.717, 1.165) is 17.3 Å². The molecule has 0 spiro atoms. The second kappa shape index (κ2) is 7.96. The molecule has 1 aromatic carbocycles. The molecule has 0 unspecified atom stereocenters. The number of halogens is 1. The number of aromatic nitrogens is 5. The molecule has 30 heavy (non-hydrogen) atoms. The summed E-state index contributed by atoms with van der Waals surface area (Å²) < 4.78 is 19.9. The van der Waals surface area contributed by atoms with Crippen LogP contribution in [0.4, 0.5) is 16.0 Å². The minimum Gasteiger partial charge on any atom is -0.479 e. The molecule has 160 valence electrons. The maximum atomic E-state index is 13.5. The summed E-state index contributed by atoms with van der Waals surface area (Å²) >= 11 is 0. The number of hydrogen-bond acceptors (Lipinski definition) is 8. The van der Waals surface area contributed by atoms with Crippen molar-refractivity contribution in [2.45, 2.75) is 45.4 Å². The third-order valence-corrected chi connectivity index (χ3v) is 4.86. The summed E-state index contributed by atoms with van der Waals surface area (Å²) in [6.07, 6.45) is 2.72. The molecule has 0 fully saturated rings. The Morgan fingerprint density at radius 1 is 1.20 bits per heavy atom. The molecule has 0 radical (unpaired) electrons. The number of nitrogens with one attached hydrogen (secondary N) is 1. The van der Waals surface area contributed by atoms with Gasteiger partial charge in [-0.15, -0.1) is 5.10 Å². The molecule has 1 atom stereocenters. The van der Waals surface area contributed by atoms with Gasteiger partial charge in [0.25, 0.3) is 5.88 Å². The van der Waals surface area contributed by atoms with Gasteiger partial charge >= 0.3 is 0 Å². The van der Waals surface area contributed by atoms with E-state index in [0.29, 0.717) is 11.4 Å². The Hall–Kier alpha value is -3.11. The van der Waals surface area contributed by atoms with E-state index in [9.17, 15) is 14.6 Å². The number of benzene rings is 1. The highest BCUT2D eigenvalue weighted by Crippen LogP contribution is 2.27. The zero-order valence-electron chi connectivity index (χ0n) is 17.5. The van der Waals surface area contributed by atoms with Crippen LogP contribution in [0.1, 0.15) is 26.3 Å². The topological polar surface area (TPSA) is 118 Å². The van der Waals surface area contributed by atoms with Gasteiger partial charge in [-0.2, -0.15) is 9.37 Å². The van der Waals surface area contributed by atoms with E-state index in [4.69, 9.17) is 4.74 Å². The fourth-order valence-electron chi connectivity index (χ4n) is 2.70. The molecule has 0 bridgehead atoms. The van der Waals surface area contributed by atoms with Gasteiger partial charge in [0.2, 0.25) is 11.8 Å². The Kier molecular flexibility index (Phi) is 5.73. The van der Waals surface area contributed by atoms with Crippen LogP contribution in [-0.4, -0.2) is 53.5 Å². The average molecular weight is 416 g/mol. The molecule has 9 nitrogen and oxygen atoms in total. The van der Waals surface area contributed by atoms with Crippen molar-refractivity contribution in [3.8, 4) is 17.1 Å². The number of anilines is 2. The van der Waals surface area contributed by atoms with E-state index in [1.165, 1.54) is 25.6 Å². The molecular formula is C20H25FN6O3. The molecule has 10 heteroatoms. The summed E-state index contributed by atoms with van der Waals surface area (Å²) in [6, 6.07) is 5.64. The third kappa shape index (κ3) is 4.71. The summed E-state index contributed by atoms with van der Waals surface area (Å²) in [6.45, 7) is 6.61. The number of methoxy groups -OCH3 is 1. The van der Waals surface area contributed by atoms with Crippen LogP contribution >= 0.6 is 0 Å². The highest BCUT2D eigenvalue weighted by atomic mass is 19.1. The van der Waals surface area contributed by atoms with Gasteiger partial charge in [0.15, 0.2) is 0 Å². The summed E-state index contributed by atoms with van der Waals surface area (Å²) in [5.74, 6) is -0.608. The van der Waals surface area contributed by atoms with Crippen LogP contribution in [0.15, 0.2) is 30.6 Å². The molecule has 0 aliphatic rings. The number of aryl methyl sites for hydroxylation is 1. The molecule has 2 aromatic heterocycles. The number of nitrogens with zero attached hydrogens (tertiary/aromatic N) is 5. The fourth-order valence-corrected chi connectivity index (χ4v) is 2.70. The van der Waals surface area contributed by atoms with E-state index >= 15 is 0 Å². The summed E-state index contributed by atoms with van der Waals surface area (Å²) in [5.41, 5.74) is 0.289. The monoisotopic (exact) mass is 416 g/mol. The van der Waals surface area contributed by atoms with E-state index in [1.807, 2.05) is 25.1 Å². The quantitative estimate of drug-likeness (QED) is 0.538. The van der Waals surface area contributed by atoms with Gasteiger partial charge in [-0.05, 0) is 51.5 Å². The lowest BCUT2D eigenvalue weighted by molar-refractivity contribution is -0.129. The molecule has 0 amide bonds. The molecule has 0 aliphatic heterocycles. The summed E-state index contributed by atoms with van der Waals surface area (Å²) in [5, 5.41) is 31.9. The normalized spacial score (nSPS) is 13.7. The van der Waals surface area contributed by atoms with Crippen molar-refractivity contribution in [1.82, 2.24) is 25.0 Å². The largest absolute Gasteiger partial charge is 0.479 e. The number of hydrogen-bond donors (Lipinski definition) is 3. The first kappa shape index (κ1) is 21.6. The van der Waals surface area contributed by atoms with Crippen LogP contribution in [0.3, 0.4) is 0 Å². The van der Waals surface area contributed by atoms with Crippen LogP contribution in [0, 0.1) is 12.7 Å². The first-order valence-electron chi connectivity index (χ1n) is 9.29. The number of ether oxygens (including phenoxy) is 1. The Labute approximate surface area is 173 Å². The van der Waals surface area contributed by atoms with Crippen LogP contribution in [0.25, 0.3) is 11.3 Å². The van der Waals surface area contributed by atoms with Crippen molar-refractivity contribution in [2.24, 2.45) is 0 Å². The predicted octanol–water partition coefficient (Wildman–Crippen LogP) is 2.46. The summed E-state index contributed by atoms with van der Waals surface area (Å²) in [7, 11) is 1.33. The van der Waals surface area contributed by atoms with Crippen LogP contribution in [0.5, 0.6) is 5.88 Å². The minimum atomic E-state index is -1.39. The van der Waals surface area contributed by atoms with Gasteiger partial charge in [-0.25, -0.2) is 9.67 Å². The zero-order chi connectivity index (χ0) is 22.1. The standard InChI is InChI=1S/C20H25FN6O3/c1-12-6-13(16-10-27(26-25-16)11-20(4,29)19(2,3)28)8-14(7-12)23-18-22-9-15(21)17(24-18)30-5/h6-10,28-29H,11H2,1-5H3,(H,22,23,24)/t20-/m0/s1. The Balaban J connectivity index is 1.85. The Morgan fingerprint density at radius 3 is 2.60 bits per heavy atom. The lowest BCUT2D eigenvalue weighted by atomic mass is 9.88. The van der Waals surface area contributed by atoms with Gasteiger partial charge in [-0.3, -0.25) is 0 Å². The lowest BCUT2D eigenvalue weighted by Gasteiger charge is -2.35. The molecule has 0 saturated heterocycles. The molecule has 0 aliphatic carbocycles. The van der Waals surface area contributed by atoms with Gasteiger partial charge in [0.05, 0.1) is 31.6 Å². The lowest BCUT2D eigenvalue weighted by Crippen LogP contribution is -2.50. The van der Waals surface area contributed by atoms with E-state index < -0.39 is 17.0 Å². The van der Waals surface area contributed by atoms with Crippen LogP contribution in [-0.2, 0) is 6.54 Å². The van der Waals surface area contributed by atoms with Crippen molar-refractivity contribution in [2.75, 3.05) is 12.4 Å². The minimum absolute atomic E-state index is 0.0731. The second-order valence-electron chi connectivity index (χ2n) is 7.90. The summed E-state index contributed by atoms with van der Waals surface area (Å²) in [4.78, 5) is 7.90. The van der Waals surface area contributed by atoms with Crippen LogP contribution in [0.2, 0.25) is 0 Å². The predicted molar refractivity (Wildman–Crippen MR) is 109 cm³/mol. The number of rotatable bonds is 7. The first-order valence-corrected chi connectivity index (χ1v) is 9.29. The van der Waals surface area contributed by atoms with Crippen molar-refractivity contribution in [1.29, 1.82) is 0 Å². The average Bonchev–Trinajstić information content (AvgIpc) is 3.10. The molecular weight excluding hydrogens is 391 g/mol. The Bertz CT molecular complexity index is 1050. The molecule has 3 aromatic rings. The highest BCUT2D eigenvalue weighted by Gasteiger charge is 2.38. The van der Waals surface area contributed by atoms with Gasteiger partial charge in [0, 0.05) is 11.3 Å². The van der Waals surface area contributed by atoms with E-state index in [-0.39, 0.29) is 18.4 Å². The highest BCUT2D eigenvalue weighted by molar-refractivity contribution is 5.68. The van der Waals surface area contributed by atoms with E-state index in [1.54, 1.807) is 13.1 Å². The smallest absolute Gasteiger partial charge is 0.255 e. The molecule has 3 rings (SSSR count). The van der Waals surface area contributed by atoms with Crippen molar-refractivity contribution in [3.05, 3.63) is 42.0 Å². The SMILES string of the molecule is COc1nc(Nc2cc(C)cc(-c3cn(C[C@](C)(O)C(C)(C)O)nn3)c2)ncc1F. The molecule has 2 heterocycles. The molecule has 0 saturated carbocycles. The van der Waals surface area contributed by atoms with Gasteiger partial charge < -0.3 is 20.3 Å². The van der Waals surface area contributed by atoms with Gasteiger partial charge in [-0.1, -0.05) is 5.21 Å². The maximum Gasteiger partial charge on any atom is 0.255 e. The second-order valence-corrected chi connectivity index (χ2v) is 7.90. The van der Waals surface area contributed by atoms with Crippen molar-refractivity contribution < 1.29 is 19.3 Å². The molecule has 3 N–H and O–H groups in total. The third-order valence-electron chi connectivity index (χ3n) is 4.86. The first-order chi connectivity index (χ1) is 14.0. The van der Waals surface area contributed by atoms with Crippen LogP contribution < -0.4 is 10.1 Å². The van der Waals surface area contributed by atoms with Gasteiger partial charge in [0.1, 0.15) is 11.3 Å². The fraction of sp³-hybridized carbons (Fsp3) is 0.400. The zero-order valence-corrected chi connectivity index (χ0v) is 17.5. The van der Waals surface area contributed by atoms with Crippen molar-refractivity contribution in [3.63, 3.8) is 0 Å². The van der Waals surface area contributed by atoms with E-state index in [2.05, 4.69) is 25.6 Å². The number of aliphatic hydroxyl groups is 2. The Morgan fingerprint density at radius 2 is 1.93 bits per heavy atom. The van der Waals surface area contributed by atoms with Crippen molar-refractivity contribution >= 4 is 11.6 Å². The maximum absolute atomic E-state index is 13.5.